The summed E-state index contributed by atoms with van der Waals surface area (Å²) in [6.07, 6.45) is 0. The van der Waals surface area contributed by atoms with E-state index in [1.807, 2.05) is 39.9 Å². The van der Waals surface area contributed by atoms with Crippen molar-refractivity contribution in [1.82, 2.24) is 4.90 Å². The van der Waals surface area contributed by atoms with Gasteiger partial charge in [-0.15, -0.1) is 22.7 Å². The number of rotatable bonds is 6. The monoisotopic (exact) mass is 370 g/mol. The van der Waals surface area contributed by atoms with Gasteiger partial charge in [-0.2, -0.15) is 0 Å². The third kappa shape index (κ3) is 4.78. The smallest absolute Gasteiger partial charge is 0.254 e. The predicted molar refractivity (Wildman–Crippen MR) is 103 cm³/mol. The van der Waals surface area contributed by atoms with Crippen LogP contribution in [-0.2, 0) is 17.9 Å². The number of benzene rings is 1. The second kappa shape index (κ2) is 8.09. The molecule has 0 saturated carbocycles. The molecule has 1 aromatic carbocycles. The molecule has 0 unspecified atom stereocenters. The third-order valence-corrected chi connectivity index (χ3v) is 5.32. The molecule has 0 saturated heterocycles. The highest BCUT2D eigenvalue weighted by Gasteiger charge is 2.17. The Bertz CT molecular complexity index is 789. The van der Waals surface area contributed by atoms with E-state index < -0.39 is 0 Å². The number of thiophene rings is 2. The minimum absolute atomic E-state index is 0.0174. The molecule has 0 bridgehead atoms. The first-order valence-electron chi connectivity index (χ1n) is 7.83. The highest BCUT2D eigenvalue weighted by atomic mass is 32.1. The van der Waals surface area contributed by atoms with Gasteiger partial charge in [0.05, 0.1) is 13.1 Å². The molecule has 0 radical (unpaired) electrons. The van der Waals surface area contributed by atoms with E-state index in [0.29, 0.717) is 24.3 Å². The minimum atomic E-state index is -0.129. The zero-order valence-corrected chi connectivity index (χ0v) is 15.4. The van der Waals surface area contributed by atoms with Crippen molar-refractivity contribution in [2.75, 3.05) is 5.32 Å². The number of nitrogens with one attached hydrogen (secondary N) is 1. The molecule has 2 aromatic heterocycles. The number of carbonyl (C=O) groups is 2. The Morgan fingerprint density at radius 3 is 1.92 bits per heavy atom. The molecule has 4 nitrogen and oxygen atoms in total. The van der Waals surface area contributed by atoms with Gasteiger partial charge in [0.15, 0.2) is 0 Å². The molecule has 0 aliphatic carbocycles. The molecule has 1 N–H and O–H groups in total. The van der Waals surface area contributed by atoms with Gasteiger partial charge in [-0.25, -0.2) is 0 Å². The van der Waals surface area contributed by atoms with Crippen LogP contribution in [0.2, 0.25) is 0 Å². The van der Waals surface area contributed by atoms with Gasteiger partial charge in [-0.3, -0.25) is 9.59 Å². The molecule has 0 aliphatic heterocycles. The van der Waals surface area contributed by atoms with E-state index in [9.17, 15) is 9.59 Å². The fraction of sp³-hybridized carbons (Fsp3) is 0.158. The number of hydrogen-bond acceptors (Lipinski definition) is 4. The van der Waals surface area contributed by atoms with Gasteiger partial charge in [-0.1, -0.05) is 12.1 Å². The molecule has 0 spiro atoms. The van der Waals surface area contributed by atoms with Gasteiger partial charge >= 0.3 is 0 Å². The Morgan fingerprint density at radius 2 is 1.48 bits per heavy atom. The average molecular weight is 370 g/mol. The number of hydrogen-bond donors (Lipinski definition) is 1. The summed E-state index contributed by atoms with van der Waals surface area (Å²) < 4.78 is 0. The van der Waals surface area contributed by atoms with E-state index in [1.165, 1.54) is 6.92 Å². The first kappa shape index (κ1) is 17.4. The second-order valence-electron chi connectivity index (χ2n) is 5.58. The molecule has 0 atom stereocenters. The van der Waals surface area contributed by atoms with Crippen LogP contribution in [0, 0.1) is 0 Å². The molecule has 0 fully saturated rings. The summed E-state index contributed by atoms with van der Waals surface area (Å²) in [6, 6.07) is 15.1. The zero-order valence-electron chi connectivity index (χ0n) is 13.8. The van der Waals surface area contributed by atoms with Gasteiger partial charge < -0.3 is 10.2 Å². The molecular weight excluding hydrogens is 352 g/mol. The number of nitrogens with zero attached hydrogens (tertiary/aromatic N) is 1. The molecule has 0 aliphatic rings. The topological polar surface area (TPSA) is 49.4 Å². The molecular formula is C19H18N2O2S2. The zero-order chi connectivity index (χ0) is 17.6. The summed E-state index contributed by atoms with van der Waals surface area (Å²) in [7, 11) is 0. The number of amides is 2. The van der Waals surface area contributed by atoms with Crippen LogP contribution < -0.4 is 5.32 Å². The fourth-order valence-corrected chi connectivity index (χ4v) is 3.90. The van der Waals surface area contributed by atoms with Crippen LogP contribution in [0.4, 0.5) is 5.69 Å². The Kier molecular flexibility index (Phi) is 5.63. The largest absolute Gasteiger partial charge is 0.328 e. The van der Waals surface area contributed by atoms with Crippen LogP contribution >= 0.6 is 22.7 Å². The number of anilines is 1. The SMILES string of the molecule is CC(=O)Nc1ccc(C(=O)N(Cc2cccs2)Cc2cccs2)cc1. The summed E-state index contributed by atoms with van der Waals surface area (Å²) in [5.74, 6) is -0.146. The summed E-state index contributed by atoms with van der Waals surface area (Å²) in [5, 5.41) is 6.75. The van der Waals surface area contributed by atoms with Gasteiger partial charge in [0.1, 0.15) is 0 Å². The lowest BCUT2D eigenvalue weighted by atomic mass is 10.1. The van der Waals surface area contributed by atoms with Crippen LogP contribution in [0.3, 0.4) is 0 Å². The summed E-state index contributed by atoms with van der Waals surface area (Å²) >= 11 is 3.30. The van der Waals surface area contributed by atoms with Crippen LogP contribution in [0.5, 0.6) is 0 Å². The summed E-state index contributed by atoms with van der Waals surface area (Å²) in [6.45, 7) is 2.63. The van der Waals surface area contributed by atoms with Crippen LogP contribution in [0.25, 0.3) is 0 Å². The van der Waals surface area contributed by atoms with Crippen molar-refractivity contribution < 1.29 is 9.59 Å². The number of carbonyl (C=O) groups excluding carboxylic acids is 2. The molecule has 3 rings (SSSR count). The molecule has 2 heterocycles. The lowest BCUT2D eigenvalue weighted by Gasteiger charge is -2.22. The Labute approximate surface area is 154 Å². The molecule has 3 aromatic rings. The van der Waals surface area contributed by atoms with Crippen molar-refractivity contribution in [1.29, 1.82) is 0 Å². The van der Waals surface area contributed by atoms with Gasteiger partial charge in [0.25, 0.3) is 5.91 Å². The summed E-state index contributed by atoms with van der Waals surface area (Å²) in [4.78, 5) is 28.2. The lowest BCUT2D eigenvalue weighted by molar-refractivity contribution is -0.114. The first-order valence-corrected chi connectivity index (χ1v) is 9.59. The molecule has 128 valence electrons. The molecule has 25 heavy (non-hydrogen) atoms. The van der Waals surface area contributed by atoms with E-state index in [4.69, 9.17) is 0 Å². The normalized spacial score (nSPS) is 10.4. The van der Waals surface area contributed by atoms with Crippen molar-refractivity contribution in [3.05, 3.63) is 74.6 Å². The quantitative estimate of drug-likeness (QED) is 0.689. The van der Waals surface area contributed by atoms with Crippen molar-refractivity contribution in [2.45, 2.75) is 20.0 Å². The van der Waals surface area contributed by atoms with Gasteiger partial charge in [-0.05, 0) is 47.2 Å². The van der Waals surface area contributed by atoms with Crippen LogP contribution in [0.1, 0.15) is 27.0 Å². The van der Waals surface area contributed by atoms with Crippen LogP contribution in [-0.4, -0.2) is 16.7 Å². The average Bonchev–Trinajstić information content (AvgIpc) is 3.28. The summed E-state index contributed by atoms with van der Waals surface area (Å²) in [5.41, 5.74) is 1.30. The molecule has 2 amide bonds. The van der Waals surface area contributed by atoms with Gasteiger partial charge in [0.2, 0.25) is 5.91 Å². The maximum atomic E-state index is 13.0. The standard InChI is InChI=1S/C19H18N2O2S2/c1-14(22)20-16-8-6-15(7-9-16)19(23)21(12-17-4-2-10-24-17)13-18-5-3-11-25-18/h2-11H,12-13H2,1H3,(H,20,22). The van der Waals surface area contributed by atoms with E-state index in [0.717, 1.165) is 9.75 Å². The lowest BCUT2D eigenvalue weighted by Crippen LogP contribution is -2.29. The van der Waals surface area contributed by atoms with Crippen molar-refractivity contribution in [3.8, 4) is 0 Å². The van der Waals surface area contributed by atoms with Crippen LogP contribution in [0.15, 0.2) is 59.3 Å². The molecule has 6 heteroatoms. The second-order valence-corrected chi connectivity index (χ2v) is 7.64. The highest BCUT2D eigenvalue weighted by Crippen LogP contribution is 2.20. The van der Waals surface area contributed by atoms with Crippen molar-refractivity contribution in [2.24, 2.45) is 0 Å². The Balaban J connectivity index is 1.78. The van der Waals surface area contributed by atoms with E-state index in [2.05, 4.69) is 5.32 Å². The van der Waals surface area contributed by atoms with E-state index in [1.54, 1.807) is 46.9 Å². The van der Waals surface area contributed by atoms with E-state index in [-0.39, 0.29) is 11.8 Å². The maximum Gasteiger partial charge on any atom is 0.254 e. The Hall–Kier alpha value is -2.44. The van der Waals surface area contributed by atoms with Gasteiger partial charge in [0, 0.05) is 27.9 Å². The fourth-order valence-electron chi connectivity index (χ4n) is 2.46. The predicted octanol–water partition coefficient (Wildman–Crippen LogP) is 4.61. The first-order chi connectivity index (χ1) is 12.1. The minimum Gasteiger partial charge on any atom is -0.328 e. The third-order valence-electron chi connectivity index (χ3n) is 3.59. The van der Waals surface area contributed by atoms with E-state index >= 15 is 0 Å². The Morgan fingerprint density at radius 1 is 0.920 bits per heavy atom. The van der Waals surface area contributed by atoms with Crippen molar-refractivity contribution >= 4 is 40.2 Å². The highest BCUT2D eigenvalue weighted by molar-refractivity contribution is 7.10. The van der Waals surface area contributed by atoms with Crippen molar-refractivity contribution in [3.63, 3.8) is 0 Å². The maximum absolute atomic E-state index is 13.0.